The SMILES string of the molecule is COc1cc(/C=C2\N=C(c3ccccc3)OC2=O)ccc1OCCOc1ccc([N+](=O)[O-])cc1. The summed E-state index contributed by atoms with van der Waals surface area (Å²) >= 11 is 0. The zero-order chi connectivity index (χ0) is 23.9. The molecule has 0 aliphatic carbocycles. The highest BCUT2D eigenvalue weighted by atomic mass is 16.6. The number of benzene rings is 3. The van der Waals surface area contributed by atoms with Crippen LogP contribution >= 0.6 is 0 Å². The summed E-state index contributed by atoms with van der Waals surface area (Å²) in [4.78, 5) is 26.7. The van der Waals surface area contributed by atoms with Gasteiger partial charge in [-0.15, -0.1) is 0 Å². The molecule has 1 heterocycles. The molecule has 0 bridgehead atoms. The number of hydrogen-bond donors (Lipinski definition) is 0. The molecule has 0 aromatic heterocycles. The molecule has 3 aromatic rings. The number of carbonyl (C=O) groups is 1. The Morgan fingerprint density at radius 3 is 2.41 bits per heavy atom. The third-order valence-electron chi connectivity index (χ3n) is 4.79. The molecule has 0 radical (unpaired) electrons. The van der Waals surface area contributed by atoms with Crippen LogP contribution in [-0.2, 0) is 9.53 Å². The van der Waals surface area contributed by atoms with E-state index in [1.807, 2.05) is 30.3 Å². The van der Waals surface area contributed by atoms with E-state index in [9.17, 15) is 14.9 Å². The normalized spacial score (nSPS) is 13.9. The number of hydrogen-bond acceptors (Lipinski definition) is 8. The molecule has 1 aliphatic heterocycles. The predicted molar refractivity (Wildman–Crippen MR) is 124 cm³/mol. The summed E-state index contributed by atoms with van der Waals surface area (Å²) in [5.74, 6) is 1.21. The number of aliphatic imine (C=N–C) groups is 1. The quantitative estimate of drug-likeness (QED) is 0.153. The maximum Gasteiger partial charge on any atom is 0.363 e. The second-order valence-corrected chi connectivity index (χ2v) is 7.06. The summed E-state index contributed by atoms with van der Waals surface area (Å²) in [6.07, 6.45) is 1.61. The average Bonchev–Trinajstić information content (AvgIpc) is 3.23. The molecule has 34 heavy (non-hydrogen) atoms. The first-order chi connectivity index (χ1) is 16.5. The fraction of sp³-hybridized carbons (Fsp3) is 0.120. The van der Waals surface area contributed by atoms with E-state index in [0.717, 1.165) is 5.56 Å². The van der Waals surface area contributed by atoms with Crippen molar-refractivity contribution in [2.75, 3.05) is 20.3 Å². The molecule has 3 aromatic carbocycles. The van der Waals surface area contributed by atoms with Gasteiger partial charge in [-0.05, 0) is 48.0 Å². The Morgan fingerprint density at radius 2 is 1.71 bits per heavy atom. The Morgan fingerprint density at radius 1 is 0.971 bits per heavy atom. The highest BCUT2D eigenvalue weighted by Crippen LogP contribution is 2.30. The molecule has 172 valence electrons. The molecular formula is C25H20N2O7. The van der Waals surface area contributed by atoms with Crippen LogP contribution in [0, 0.1) is 10.1 Å². The Bertz CT molecular complexity index is 1250. The van der Waals surface area contributed by atoms with Crippen molar-refractivity contribution in [3.63, 3.8) is 0 Å². The minimum Gasteiger partial charge on any atom is -0.493 e. The van der Waals surface area contributed by atoms with Gasteiger partial charge in [-0.2, -0.15) is 0 Å². The van der Waals surface area contributed by atoms with E-state index >= 15 is 0 Å². The summed E-state index contributed by atoms with van der Waals surface area (Å²) in [6.45, 7) is 0.459. The molecular weight excluding hydrogens is 440 g/mol. The van der Waals surface area contributed by atoms with E-state index in [0.29, 0.717) is 22.8 Å². The lowest BCUT2D eigenvalue weighted by Crippen LogP contribution is -2.09. The number of non-ortho nitro benzene ring substituents is 1. The Kier molecular flexibility index (Phi) is 6.83. The van der Waals surface area contributed by atoms with Crippen LogP contribution in [0.25, 0.3) is 6.08 Å². The van der Waals surface area contributed by atoms with Gasteiger partial charge in [0.1, 0.15) is 19.0 Å². The van der Waals surface area contributed by atoms with Gasteiger partial charge in [0.2, 0.25) is 5.90 Å². The number of rotatable bonds is 9. The van der Waals surface area contributed by atoms with Crippen LogP contribution in [0.1, 0.15) is 11.1 Å². The largest absolute Gasteiger partial charge is 0.493 e. The van der Waals surface area contributed by atoms with Crippen LogP contribution in [-0.4, -0.2) is 37.1 Å². The van der Waals surface area contributed by atoms with Gasteiger partial charge in [-0.3, -0.25) is 10.1 Å². The molecule has 0 atom stereocenters. The third kappa shape index (κ3) is 5.39. The monoisotopic (exact) mass is 460 g/mol. The Hall–Kier alpha value is -4.66. The fourth-order valence-corrected chi connectivity index (χ4v) is 3.14. The maximum atomic E-state index is 12.2. The van der Waals surface area contributed by atoms with E-state index in [4.69, 9.17) is 18.9 Å². The first kappa shape index (κ1) is 22.5. The number of carbonyl (C=O) groups excluding carboxylic acids is 1. The van der Waals surface area contributed by atoms with E-state index in [-0.39, 0.29) is 30.5 Å². The first-order valence-corrected chi connectivity index (χ1v) is 10.3. The third-order valence-corrected chi connectivity index (χ3v) is 4.79. The van der Waals surface area contributed by atoms with E-state index in [1.165, 1.54) is 31.4 Å². The number of methoxy groups -OCH3 is 1. The lowest BCUT2D eigenvalue weighted by Gasteiger charge is -2.12. The van der Waals surface area contributed by atoms with Crippen molar-refractivity contribution >= 4 is 23.6 Å². The van der Waals surface area contributed by atoms with Gasteiger partial charge in [-0.25, -0.2) is 9.79 Å². The molecule has 0 saturated carbocycles. The van der Waals surface area contributed by atoms with Crippen LogP contribution in [0.2, 0.25) is 0 Å². The Balaban J connectivity index is 1.38. The van der Waals surface area contributed by atoms with Crippen LogP contribution in [0.3, 0.4) is 0 Å². The molecule has 0 saturated heterocycles. The van der Waals surface area contributed by atoms with Crippen LogP contribution in [0.5, 0.6) is 17.2 Å². The lowest BCUT2D eigenvalue weighted by molar-refractivity contribution is -0.384. The van der Waals surface area contributed by atoms with Crippen molar-refractivity contribution in [1.29, 1.82) is 0 Å². The summed E-state index contributed by atoms with van der Waals surface area (Å²) in [5.41, 5.74) is 1.59. The van der Waals surface area contributed by atoms with Gasteiger partial charge in [0.25, 0.3) is 5.69 Å². The molecule has 9 heteroatoms. The maximum absolute atomic E-state index is 12.2. The van der Waals surface area contributed by atoms with Gasteiger partial charge in [0, 0.05) is 17.7 Å². The van der Waals surface area contributed by atoms with E-state index in [2.05, 4.69) is 4.99 Å². The topological polar surface area (TPSA) is 109 Å². The van der Waals surface area contributed by atoms with Gasteiger partial charge >= 0.3 is 5.97 Å². The van der Waals surface area contributed by atoms with Crippen molar-refractivity contribution in [3.05, 3.63) is 99.7 Å². The number of ether oxygens (including phenoxy) is 4. The number of esters is 1. The minimum absolute atomic E-state index is 0.00348. The number of nitrogens with zero attached hydrogens (tertiary/aromatic N) is 2. The zero-order valence-corrected chi connectivity index (χ0v) is 18.2. The van der Waals surface area contributed by atoms with Crippen molar-refractivity contribution in [1.82, 2.24) is 0 Å². The van der Waals surface area contributed by atoms with Crippen molar-refractivity contribution in [3.8, 4) is 17.2 Å². The highest BCUT2D eigenvalue weighted by Gasteiger charge is 2.24. The molecule has 0 amide bonds. The zero-order valence-electron chi connectivity index (χ0n) is 18.2. The van der Waals surface area contributed by atoms with Gasteiger partial charge in [0.15, 0.2) is 17.2 Å². The fourth-order valence-electron chi connectivity index (χ4n) is 3.14. The second-order valence-electron chi connectivity index (χ2n) is 7.06. The smallest absolute Gasteiger partial charge is 0.363 e. The molecule has 0 spiro atoms. The Labute approximate surface area is 195 Å². The number of nitro groups is 1. The highest BCUT2D eigenvalue weighted by molar-refractivity contribution is 6.12. The van der Waals surface area contributed by atoms with Crippen molar-refractivity contribution in [2.45, 2.75) is 0 Å². The van der Waals surface area contributed by atoms with Crippen molar-refractivity contribution in [2.24, 2.45) is 4.99 Å². The van der Waals surface area contributed by atoms with Gasteiger partial charge in [-0.1, -0.05) is 24.3 Å². The summed E-state index contributed by atoms with van der Waals surface area (Å²) < 4.78 is 22.0. The van der Waals surface area contributed by atoms with Crippen LogP contribution < -0.4 is 14.2 Å². The predicted octanol–water partition coefficient (Wildman–Crippen LogP) is 4.41. The first-order valence-electron chi connectivity index (χ1n) is 10.3. The summed E-state index contributed by atoms with van der Waals surface area (Å²) in [6, 6.07) is 20.2. The van der Waals surface area contributed by atoms with E-state index in [1.54, 1.807) is 24.3 Å². The van der Waals surface area contributed by atoms with Crippen LogP contribution in [0.4, 0.5) is 5.69 Å². The molecule has 1 aliphatic rings. The lowest BCUT2D eigenvalue weighted by atomic mass is 10.1. The van der Waals surface area contributed by atoms with Crippen LogP contribution in [0.15, 0.2) is 83.5 Å². The molecule has 4 rings (SSSR count). The number of cyclic esters (lactones) is 1. The van der Waals surface area contributed by atoms with Gasteiger partial charge in [0.05, 0.1) is 12.0 Å². The molecule has 0 fully saturated rings. The van der Waals surface area contributed by atoms with Crippen molar-refractivity contribution < 1.29 is 28.7 Å². The van der Waals surface area contributed by atoms with E-state index < -0.39 is 10.9 Å². The minimum atomic E-state index is -0.526. The molecule has 9 nitrogen and oxygen atoms in total. The average molecular weight is 460 g/mol. The standard InChI is InChI=1S/C25H20N2O7/c1-31-23-16-17(15-21-25(28)34-24(26-21)18-5-3-2-4-6-18)7-12-22(23)33-14-13-32-20-10-8-19(9-11-20)27(29)30/h2-12,15-16H,13-14H2,1H3/b21-15-. The number of nitro benzene ring substituents is 1. The molecule has 0 unspecified atom stereocenters. The summed E-state index contributed by atoms with van der Waals surface area (Å²) in [5, 5.41) is 10.7. The molecule has 0 N–H and O–H groups in total. The second kappa shape index (κ2) is 10.3. The summed E-state index contributed by atoms with van der Waals surface area (Å²) in [7, 11) is 1.52. The van der Waals surface area contributed by atoms with Gasteiger partial charge < -0.3 is 18.9 Å².